The molecular weight excluding hydrogens is 274 g/mol. The number of aliphatic hydroxyl groups is 1. The van der Waals surface area contributed by atoms with E-state index in [0.717, 1.165) is 25.1 Å². The van der Waals surface area contributed by atoms with Gasteiger partial charge in [0.25, 0.3) is 0 Å². The van der Waals surface area contributed by atoms with Gasteiger partial charge in [-0.1, -0.05) is 25.5 Å². The van der Waals surface area contributed by atoms with Crippen LogP contribution in [0.2, 0.25) is 0 Å². The van der Waals surface area contributed by atoms with Crippen molar-refractivity contribution in [3.05, 3.63) is 29.8 Å². The number of hydrogen-bond donors (Lipinski definition) is 2. The summed E-state index contributed by atoms with van der Waals surface area (Å²) in [6.07, 6.45) is 5.74. The van der Waals surface area contributed by atoms with Crippen LogP contribution in [0.3, 0.4) is 0 Å². The van der Waals surface area contributed by atoms with Gasteiger partial charge in [0.15, 0.2) is 0 Å². The first-order valence-corrected chi connectivity index (χ1v) is 8.85. The van der Waals surface area contributed by atoms with E-state index in [4.69, 9.17) is 4.74 Å². The van der Waals surface area contributed by atoms with Crippen molar-refractivity contribution in [2.45, 2.75) is 71.1 Å². The van der Waals surface area contributed by atoms with E-state index in [2.05, 4.69) is 32.9 Å². The summed E-state index contributed by atoms with van der Waals surface area (Å²) in [6, 6.07) is 9.54. The Morgan fingerprint density at radius 1 is 1.18 bits per heavy atom. The van der Waals surface area contributed by atoms with Crippen molar-refractivity contribution in [2.75, 3.05) is 13.2 Å². The van der Waals surface area contributed by atoms with Crippen LogP contribution in [0.4, 0.5) is 0 Å². The molecule has 0 amide bonds. The number of quaternary nitrogens is 1. The summed E-state index contributed by atoms with van der Waals surface area (Å²) in [4.78, 5) is 1.53. The molecule has 0 bridgehead atoms. The van der Waals surface area contributed by atoms with E-state index in [0.29, 0.717) is 18.7 Å². The summed E-state index contributed by atoms with van der Waals surface area (Å²) in [5.41, 5.74) is 1.34. The summed E-state index contributed by atoms with van der Waals surface area (Å²) < 4.78 is 5.75. The molecule has 1 aromatic rings. The third kappa shape index (κ3) is 4.99. The number of nitrogens with one attached hydrogen (secondary N) is 1. The van der Waals surface area contributed by atoms with E-state index in [1.165, 1.54) is 29.7 Å². The molecule has 124 valence electrons. The van der Waals surface area contributed by atoms with Gasteiger partial charge in [-0.3, -0.25) is 0 Å². The normalized spacial score (nSPS) is 24.2. The number of rotatable bonds is 7. The van der Waals surface area contributed by atoms with Crippen molar-refractivity contribution in [1.82, 2.24) is 0 Å². The monoisotopic (exact) mass is 306 g/mol. The second-order valence-corrected chi connectivity index (χ2v) is 6.87. The number of aliphatic hydroxyl groups excluding tert-OH is 1. The van der Waals surface area contributed by atoms with Gasteiger partial charge in [-0.15, -0.1) is 0 Å². The second kappa shape index (κ2) is 8.54. The van der Waals surface area contributed by atoms with Gasteiger partial charge >= 0.3 is 0 Å². The Labute approximate surface area is 135 Å². The summed E-state index contributed by atoms with van der Waals surface area (Å²) in [7, 11) is 0. The van der Waals surface area contributed by atoms with Gasteiger partial charge in [0, 0.05) is 0 Å². The van der Waals surface area contributed by atoms with Crippen LogP contribution in [-0.2, 0) is 6.42 Å². The quantitative estimate of drug-likeness (QED) is 0.810. The Morgan fingerprint density at radius 3 is 2.41 bits per heavy atom. The standard InChI is InChI=1S/C19H31NO2/c1-4-6-17-9-11-19(12-10-17)22-14-18(21)13-20-15(2)7-5-8-16(20)3/h9-12,15-16,18,21H,4-8,13-14H2,1-3H3/p+1/t15-,16-,18-/m0/s1. The third-order valence-electron chi connectivity index (χ3n) is 4.92. The van der Waals surface area contributed by atoms with Crippen LogP contribution in [0.15, 0.2) is 24.3 Å². The molecule has 1 saturated heterocycles. The molecule has 1 aliphatic rings. The van der Waals surface area contributed by atoms with Gasteiger partial charge < -0.3 is 14.7 Å². The smallest absolute Gasteiger partial charge is 0.137 e. The summed E-state index contributed by atoms with van der Waals surface area (Å²) in [6.45, 7) is 7.95. The molecule has 1 aromatic carbocycles. The highest BCUT2D eigenvalue weighted by Crippen LogP contribution is 2.13. The zero-order chi connectivity index (χ0) is 15.9. The fourth-order valence-electron chi connectivity index (χ4n) is 3.55. The molecule has 1 aliphatic heterocycles. The zero-order valence-electron chi connectivity index (χ0n) is 14.3. The maximum Gasteiger partial charge on any atom is 0.137 e. The molecule has 0 aromatic heterocycles. The minimum Gasteiger partial charge on any atom is -0.491 e. The molecular formula is C19H32NO2+. The van der Waals surface area contributed by atoms with Crippen molar-refractivity contribution in [3.8, 4) is 5.75 Å². The molecule has 1 fully saturated rings. The van der Waals surface area contributed by atoms with Crippen LogP contribution in [0.25, 0.3) is 0 Å². The van der Waals surface area contributed by atoms with Crippen LogP contribution in [-0.4, -0.2) is 36.4 Å². The first-order valence-electron chi connectivity index (χ1n) is 8.85. The molecule has 0 radical (unpaired) electrons. The largest absolute Gasteiger partial charge is 0.491 e. The van der Waals surface area contributed by atoms with E-state index < -0.39 is 6.10 Å². The van der Waals surface area contributed by atoms with Gasteiger partial charge in [0.05, 0.1) is 12.1 Å². The van der Waals surface area contributed by atoms with E-state index >= 15 is 0 Å². The van der Waals surface area contributed by atoms with Gasteiger partial charge in [0.1, 0.15) is 25.0 Å². The first-order chi connectivity index (χ1) is 10.6. The zero-order valence-corrected chi connectivity index (χ0v) is 14.3. The van der Waals surface area contributed by atoms with E-state index in [-0.39, 0.29) is 0 Å². The predicted octanol–water partition coefficient (Wildman–Crippen LogP) is 2.22. The van der Waals surface area contributed by atoms with Gasteiger partial charge in [-0.05, 0) is 57.2 Å². The number of hydrogen-bond acceptors (Lipinski definition) is 2. The highest BCUT2D eigenvalue weighted by atomic mass is 16.5. The van der Waals surface area contributed by atoms with Crippen LogP contribution in [0.5, 0.6) is 5.75 Å². The lowest BCUT2D eigenvalue weighted by atomic mass is 9.97. The van der Waals surface area contributed by atoms with Crippen LogP contribution >= 0.6 is 0 Å². The highest BCUT2D eigenvalue weighted by Gasteiger charge is 2.30. The number of benzene rings is 1. The molecule has 0 aliphatic carbocycles. The van der Waals surface area contributed by atoms with Gasteiger partial charge in [-0.2, -0.15) is 0 Å². The molecule has 0 spiro atoms. The fourth-order valence-corrected chi connectivity index (χ4v) is 3.55. The lowest BCUT2D eigenvalue weighted by Gasteiger charge is -2.36. The average Bonchev–Trinajstić information content (AvgIpc) is 2.51. The van der Waals surface area contributed by atoms with Crippen molar-refractivity contribution in [3.63, 3.8) is 0 Å². The molecule has 2 rings (SSSR count). The van der Waals surface area contributed by atoms with Gasteiger partial charge in [-0.25, -0.2) is 0 Å². The molecule has 3 nitrogen and oxygen atoms in total. The predicted molar refractivity (Wildman–Crippen MR) is 90.5 cm³/mol. The Kier molecular flexibility index (Phi) is 6.71. The number of ether oxygens (including phenoxy) is 1. The lowest BCUT2D eigenvalue weighted by Crippen LogP contribution is -3.20. The highest BCUT2D eigenvalue weighted by molar-refractivity contribution is 5.27. The number of aryl methyl sites for hydroxylation is 1. The summed E-state index contributed by atoms with van der Waals surface area (Å²) in [5, 5.41) is 10.3. The van der Waals surface area contributed by atoms with E-state index in [9.17, 15) is 5.11 Å². The molecule has 3 atom stereocenters. The van der Waals surface area contributed by atoms with Crippen LogP contribution in [0, 0.1) is 0 Å². The third-order valence-corrected chi connectivity index (χ3v) is 4.92. The molecule has 22 heavy (non-hydrogen) atoms. The second-order valence-electron chi connectivity index (χ2n) is 6.87. The van der Waals surface area contributed by atoms with Crippen LogP contribution < -0.4 is 9.64 Å². The molecule has 2 N–H and O–H groups in total. The minimum atomic E-state index is -0.395. The Hall–Kier alpha value is -1.06. The number of piperidine rings is 1. The summed E-state index contributed by atoms with van der Waals surface area (Å²) >= 11 is 0. The topological polar surface area (TPSA) is 33.9 Å². The molecule has 3 heteroatoms. The maximum atomic E-state index is 10.3. The van der Waals surface area contributed by atoms with Crippen LogP contribution in [0.1, 0.15) is 52.0 Å². The molecule has 0 saturated carbocycles. The maximum absolute atomic E-state index is 10.3. The Balaban J connectivity index is 1.78. The van der Waals surface area contributed by atoms with Crippen molar-refractivity contribution >= 4 is 0 Å². The Bertz CT molecular complexity index is 422. The lowest BCUT2D eigenvalue weighted by molar-refractivity contribution is -0.954. The van der Waals surface area contributed by atoms with Gasteiger partial charge in [0.2, 0.25) is 0 Å². The van der Waals surface area contributed by atoms with E-state index in [1.54, 1.807) is 0 Å². The average molecular weight is 306 g/mol. The fraction of sp³-hybridized carbons (Fsp3) is 0.684. The molecule has 1 heterocycles. The number of likely N-dealkylation sites (tertiary alicyclic amines) is 1. The first kappa shape index (κ1) is 17.3. The van der Waals surface area contributed by atoms with Crippen molar-refractivity contribution < 1.29 is 14.7 Å². The minimum absolute atomic E-state index is 0.385. The molecule has 0 unspecified atom stereocenters. The van der Waals surface area contributed by atoms with Crippen molar-refractivity contribution in [1.29, 1.82) is 0 Å². The summed E-state index contributed by atoms with van der Waals surface area (Å²) in [5.74, 6) is 0.855. The van der Waals surface area contributed by atoms with Crippen molar-refractivity contribution in [2.24, 2.45) is 0 Å². The Morgan fingerprint density at radius 2 is 1.82 bits per heavy atom. The SMILES string of the molecule is CCCc1ccc(OC[C@@H](O)C[NH+]2[C@@H](C)CCC[C@@H]2C)cc1. The van der Waals surface area contributed by atoms with E-state index in [1.807, 2.05) is 12.1 Å².